The van der Waals surface area contributed by atoms with Gasteiger partial charge in [0.05, 0.1) is 10.7 Å². The molecular formula is C13H23N3S. The molecule has 4 heteroatoms. The van der Waals surface area contributed by atoms with Gasteiger partial charge in [-0.2, -0.15) is 0 Å². The Hall–Kier alpha value is -0.450. The van der Waals surface area contributed by atoms with Gasteiger partial charge in [-0.05, 0) is 32.7 Å². The van der Waals surface area contributed by atoms with Crippen LogP contribution in [0, 0.1) is 6.92 Å². The topological polar surface area (TPSA) is 28.2 Å². The first-order chi connectivity index (χ1) is 8.28. The van der Waals surface area contributed by atoms with Gasteiger partial charge in [0.2, 0.25) is 0 Å². The van der Waals surface area contributed by atoms with Crippen molar-refractivity contribution < 1.29 is 0 Å². The molecule has 1 N–H and O–H groups in total. The zero-order chi connectivity index (χ0) is 12.1. The van der Waals surface area contributed by atoms with Gasteiger partial charge in [-0.15, -0.1) is 11.3 Å². The highest BCUT2D eigenvalue weighted by atomic mass is 32.1. The summed E-state index contributed by atoms with van der Waals surface area (Å²) in [5.74, 6) is 0. The number of hydrogen-bond acceptors (Lipinski definition) is 4. The molecule has 0 aliphatic carbocycles. The van der Waals surface area contributed by atoms with Gasteiger partial charge < -0.3 is 5.32 Å². The first-order valence-corrected chi connectivity index (χ1v) is 7.52. The van der Waals surface area contributed by atoms with E-state index in [0.717, 1.165) is 19.1 Å². The van der Waals surface area contributed by atoms with Crippen molar-refractivity contribution >= 4 is 11.3 Å². The third-order valence-electron chi connectivity index (χ3n) is 3.32. The monoisotopic (exact) mass is 253 g/mol. The van der Waals surface area contributed by atoms with E-state index >= 15 is 0 Å². The van der Waals surface area contributed by atoms with Gasteiger partial charge in [0.15, 0.2) is 0 Å². The lowest BCUT2D eigenvalue weighted by Gasteiger charge is -2.31. The van der Waals surface area contributed by atoms with Crippen molar-refractivity contribution in [2.24, 2.45) is 0 Å². The van der Waals surface area contributed by atoms with Crippen molar-refractivity contribution in [1.29, 1.82) is 0 Å². The smallest absolute Gasteiger partial charge is 0.0897 e. The van der Waals surface area contributed by atoms with E-state index in [1.807, 2.05) is 0 Å². The maximum atomic E-state index is 4.53. The largest absolute Gasteiger partial charge is 0.314 e. The summed E-state index contributed by atoms with van der Waals surface area (Å²) in [5, 5.41) is 6.99. The van der Waals surface area contributed by atoms with E-state index < -0.39 is 0 Å². The second-order valence-corrected chi connectivity index (χ2v) is 5.92. The van der Waals surface area contributed by atoms with Crippen molar-refractivity contribution in [2.45, 2.75) is 45.7 Å². The molecule has 0 unspecified atom stereocenters. The number of nitrogens with zero attached hydrogens (tertiary/aromatic N) is 2. The van der Waals surface area contributed by atoms with Crippen LogP contribution in [0.1, 0.15) is 36.9 Å². The van der Waals surface area contributed by atoms with Crippen LogP contribution in [0.3, 0.4) is 0 Å². The van der Waals surface area contributed by atoms with Crippen molar-refractivity contribution in [3.8, 4) is 0 Å². The number of aromatic nitrogens is 1. The molecule has 2 heterocycles. The van der Waals surface area contributed by atoms with Crippen molar-refractivity contribution in [2.75, 3.05) is 19.6 Å². The number of thiazole rings is 1. The number of nitrogens with one attached hydrogen (secondary N) is 1. The number of piperidine rings is 1. The standard InChI is InChI=1S/C13H23N3S/c1-3-6-14-12-4-7-16(8-5-12)9-13-10-17-11(2)15-13/h10,12,14H,3-9H2,1-2H3. The zero-order valence-electron chi connectivity index (χ0n) is 10.9. The average Bonchev–Trinajstić information content (AvgIpc) is 2.74. The normalized spacial score (nSPS) is 18.7. The highest BCUT2D eigenvalue weighted by Gasteiger charge is 2.18. The third-order valence-corrected chi connectivity index (χ3v) is 4.15. The second-order valence-electron chi connectivity index (χ2n) is 4.86. The molecule has 1 aromatic rings. The van der Waals surface area contributed by atoms with Crippen molar-refractivity contribution in [3.05, 3.63) is 16.1 Å². The Morgan fingerprint density at radius 2 is 2.24 bits per heavy atom. The second kappa shape index (κ2) is 6.47. The lowest BCUT2D eigenvalue weighted by atomic mass is 10.0. The summed E-state index contributed by atoms with van der Waals surface area (Å²) < 4.78 is 0. The Labute approximate surface area is 108 Å². The van der Waals surface area contributed by atoms with Crippen LogP contribution in [0.5, 0.6) is 0 Å². The molecule has 0 atom stereocenters. The molecule has 0 saturated carbocycles. The summed E-state index contributed by atoms with van der Waals surface area (Å²) >= 11 is 1.75. The molecule has 0 bridgehead atoms. The molecule has 0 spiro atoms. The third kappa shape index (κ3) is 4.05. The molecular weight excluding hydrogens is 230 g/mol. The van der Waals surface area contributed by atoms with Gasteiger partial charge in [0, 0.05) is 31.1 Å². The molecule has 2 rings (SSSR count). The molecule has 96 valence electrons. The van der Waals surface area contributed by atoms with E-state index in [1.54, 1.807) is 11.3 Å². The molecule has 3 nitrogen and oxygen atoms in total. The minimum atomic E-state index is 0.739. The predicted molar refractivity (Wildman–Crippen MR) is 73.4 cm³/mol. The Bertz CT molecular complexity index is 329. The predicted octanol–water partition coefficient (Wildman–Crippen LogP) is 2.42. The fourth-order valence-electron chi connectivity index (χ4n) is 2.35. The molecule has 0 amide bonds. The Kier molecular flexibility index (Phi) is 4.95. The van der Waals surface area contributed by atoms with Gasteiger partial charge in [-0.25, -0.2) is 4.98 Å². The molecule has 1 aliphatic heterocycles. The summed E-state index contributed by atoms with van der Waals surface area (Å²) in [6.45, 7) is 8.92. The van der Waals surface area contributed by atoms with E-state index in [2.05, 4.69) is 34.4 Å². The molecule has 0 radical (unpaired) electrons. The summed E-state index contributed by atoms with van der Waals surface area (Å²) in [6.07, 6.45) is 3.80. The SMILES string of the molecule is CCCNC1CCN(Cc2csc(C)n2)CC1. The van der Waals surface area contributed by atoms with Crippen molar-refractivity contribution in [1.82, 2.24) is 15.2 Å². The van der Waals surface area contributed by atoms with Crippen LogP contribution in [0.25, 0.3) is 0 Å². The summed E-state index contributed by atoms with van der Waals surface area (Å²) in [7, 11) is 0. The van der Waals surface area contributed by atoms with Crippen LogP contribution in [0.2, 0.25) is 0 Å². The van der Waals surface area contributed by atoms with Gasteiger partial charge in [-0.1, -0.05) is 6.92 Å². The summed E-state index contributed by atoms with van der Waals surface area (Å²) in [6, 6.07) is 0.739. The van der Waals surface area contributed by atoms with Crippen LogP contribution in [0.15, 0.2) is 5.38 Å². The van der Waals surface area contributed by atoms with Crippen LogP contribution >= 0.6 is 11.3 Å². The minimum Gasteiger partial charge on any atom is -0.314 e. The summed E-state index contributed by atoms with van der Waals surface area (Å²) in [5.41, 5.74) is 1.24. The molecule has 0 aromatic carbocycles. The number of rotatable bonds is 5. The van der Waals surface area contributed by atoms with Gasteiger partial charge in [0.1, 0.15) is 0 Å². The first-order valence-electron chi connectivity index (χ1n) is 6.64. The molecule has 1 aliphatic rings. The van der Waals surface area contributed by atoms with Crippen LogP contribution < -0.4 is 5.32 Å². The van der Waals surface area contributed by atoms with Gasteiger partial charge >= 0.3 is 0 Å². The number of aryl methyl sites for hydroxylation is 1. The van der Waals surface area contributed by atoms with Gasteiger partial charge in [0.25, 0.3) is 0 Å². The number of hydrogen-bond donors (Lipinski definition) is 1. The Balaban J connectivity index is 1.72. The lowest BCUT2D eigenvalue weighted by Crippen LogP contribution is -2.42. The molecule has 1 fully saturated rings. The highest BCUT2D eigenvalue weighted by molar-refractivity contribution is 7.09. The Morgan fingerprint density at radius 1 is 1.47 bits per heavy atom. The fraction of sp³-hybridized carbons (Fsp3) is 0.769. The van der Waals surface area contributed by atoms with Crippen molar-refractivity contribution in [3.63, 3.8) is 0 Å². The van der Waals surface area contributed by atoms with E-state index in [1.165, 1.54) is 43.1 Å². The zero-order valence-corrected chi connectivity index (χ0v) is 11.7. The van der Waals surface area contributed by atoms with Crippen LogP contribution in [0.4, 0.5) is 0 Å². The first kappa shape index (κ1) is 13.0. The van der Waals surface area contributed by atoms with Crippen LogP contribution in [-0.4, -0.2) is 35.6 Å². The maximum absolute atomic E-state index is 4.53. The van der Waals surface area contributed by atoms with E-state index in [0.29, 0.717) is 0 Å². The van der Waals surface area contributed by atoms with Crippen LogP contribution in [-0.2, 0) is 6.54 Å². The van der Waals surface area contributed by atoms with E-state index in [9.17, 15) is 0 Å². The average molecular weight is 253 g/mol. The van der Waals surface area contributed by atoms with E-state index in [-0.39, 0.29) is 0 Å². The molecule has 1 saturated heterocycles. The summed E-state index contributed by atoms with van der Waals surface area (Å²) in [4.78, 5) is 7.06. The lowest BCUT2D eigenvalue weighted by molar-refractivity contribution is 0.189. The molecule has 1 aromatic heterocycles. The Morgan fingerprint density at radius 3 is 2.82 bits per heavy atom. The quantitative estimate of drug-likeness (QED) is 0.873. The minimum absolute atomic E-state index is 0.739. The maximum Gasteiger partial charge on any atom is 0.0897 e. The molecule has 17 heavy (non-hydrogen) atoms. The highest BCUT2D eigenvalue weighted by Crippen LogP contribution is 2.15. The van der Waals surface area contributed by atoms with Gasteiger partial charge in [-0.3, -0.25) is 4.90 Å². The fourth-order valence-corrected chi connectivity index (χ4v) is 2.96. The number of likely N-dealkylation sites (tertiary alicyclic amines) is 1. The van der Waals surface area contributed by atoms with E-state index in [4.69, 9.17) is 0 Å².